The molecule has 0 saturated heterocycles. The van der Waals surface area contributed by atoms with Crippen LogP contribution in [0.15, 0.2) is 22.1 Å². The van der Waals surface area contributed by atoms with Crippen LogP contribution in [0.5, 0.6) is 0 Å². The quantitative estimate of drug-likeness (QED) is 0.425. The molecule has 121 valence electrons. The second kappa shape index (κ2) is 8.36. The molecule has 0 saturated carbocycles. The molecule has 21 heavy (non-hydrogen) atoms. The van der Waals surface area contributed by atoms with Crippen molar-refractivity contribution in [2.24, 2.45) is 0 Å². The van der Waals surface area contributed by atoms with Gasteiger partial charge in [0.1, 0.15) is 0 Å². The van der Waals surface area contributed by atoms with Gasteiger partial charge in [-0.15, -0.1) is 0 Å². The summed E-state index contributed by atoms with van der Waals surface area (Å²) in [4.78, 5) is 0. The van der Waals surface area contributed by atoms with Gasteiger partial charge in [-0.1, -0.05) is 0 Å². The van der Waals surface area contributed by atoms with E-state index < -0.39 is 25.0 Å². The fourth-order valence-corrected chi connectivity index (χ4v) is 4.04. The molecule has 1 aliphatic carbocycles. The molecule has 3 nitrogen and oxygen atoms in total. The summed E-state index contributed by atoms with van der Waals surface area (Å²) < 4.78 is 48.8. The van der Waals surface area contributed by atoms with Crippen molar-refractivity contribution in [1.82, 2.24) is 0 Å². The van der Waals surface area contributed by atoms with Crippen molar-refractivity contribution in [3.63, 3.8) is 0 Å². The van der Waals surface area contributed by atoms with Gasteiger partial charge >= 0.3 is 127 Å². The fourth-order valence-electron chi connectivity index (χ4n) is 2.08. The Labute approximate surface area is 127 Å². The van der Waals surface area contributed by atoms with Crippen LogP contribution in [0.25, 0.3) is 0 Å². The first kappa shape index (κ1) is 18.7. The van der Waals surface area contributed by atoms with Gasteiger partial charge in [-0.3, -0.25) is 0 Å². The third-order valence-corrected chi connectivity index (χ3v) is 5.49. The van der Waals surface area contributed by atoms with Crippen LogP contribution in [0.4, 0.5) is 10.5 Å². The van der Waals surface area contributed by atoms with Gasteiger partial charge in [0.25, 0.3) is 0 Å². The van der Waals surface area contributed by atoms with E-state index in [4.69, 9.17) is 9.47 Å². The van der Waals surface area contributed by atoms with E-state index in [1.54, 1.807) is 0 Å². The number of hydrogen-bond donors (Lipinski definition) is 0. The van der Waals surface area contributed by atoms with Crippen molar-refractivity contribution >= 4 is 14.7 Å². The molecule has 0 N–H and O–H groups in total. The summed E-state index contributed by atoms with van der Waals surface area (Å²) in [6.07, 6.45) is 4.24. The Morgan fingerprint density at radius 3 is 2.24 bits per heavy atom. The minimum atomic E-state index is -6.33. The average molecular weight is 368 g/mol. The number of allylic oxidation sites excluding steroid dienone is 4. The predicted molar refractivity (Wildman–Crippen MR) is 75.0 cm³/mol. The van der Waals surface area contributed by atoms with Crippen LogP contribution in [0.3, 0.4) is 0 Å². The van der Waals surface area contributed by atoms with Crippen molar-refractivity contribution in [2.75, 3.05) is 13.2 Å². The van der Waals surface area contributed by atoms with Crippen molar-refractivity contribution in [3.05, 3.63) is 22.1 Å². The van der Waals surface area contributed by atoms with Crippen molar-refractivity contribution in [2.45, 2.75) is 51.9 Å². The molecule has 0 unspecified atom stereocenters. The van der Waals surface area contributed by atoms with E-state index in [1.807, 2.05) is 13.8 Å². The first-order valence-electron chi connectivity index (χ1n) is 7.26. The van der Waals surface area contributed by atoms with Crippen molar-refractivity contribution in [1.29, 1.82) is 0 Å². The molecule has 0 aromatic rings. The molecular formula is C14H22F3GeO3. The summed E-state index contributed by atoms with van der Waals surface area (Å²) in [5.74, 6) is -2.04. The van der Waals surface area contributed by atoms with Gasteiger partial charge in [-0.2, -0.15) is 0 Å². The summed E-state index contributed by atoms with van der Waals surface area (Å²) >= 11 is -6.33. The molecule has 0 fully saturated rings. The molecule has 0 aromatic carbocycles. The minimum absolute atomic E-state index is 0.0734. The molecule has 1 aliphatic rings. The van der Waals surface area contributed by atoms with Gasteiger partial charge in [-0.05, 0) is 0 Å². The fraction of sp³-hybridized carbons (Fsp3) is 0.714. The van der Waals surface area contributed by atoms with Crippen LogP contribution in [0.2, 0.25) is 0 Å². The monoisotopic (exact) mass is 369 g/mol. The van der Waals surface area contributed by atoms with Gasteiger partial charge in [-0.25, -0.2) is 0 Å². The molecular weight excluding hydrogens is 346 g/mol. The first-order valence-corrected chi connectivity index (χ1v) is 10.7. The molecule has 0 spiro atoms. The van der Waals surface area contributed by atoms with Crippen LogP contribution in [-0.4, -0.2) is 33.8 Å². The zero-order valence-electron chi connectivity index (χ0n) is 12.5. The Bertz CT molecular complexity index is 383. The third-order valence-electron chi connectivity index (χ3n) is 3.12. The Hall–Kier alpha value is -0.307. The van der Waals surface area contributed by atoms with Gasteiger partial charge in [0.05, 0.1) is 0 Å². The van der Waals surface area contributed by atoms with E-state index in [9.17, 15) is 15.6 Å². The van der Waals surface area contributed by atoms with Gasteiger partial charge in [0.15, 0.2) is 0 Å². The van der Waals surface area contributed by atoms with E-state index in [1.165, 1.54) is 6.08 Å². The molecule has 0 amide bonds. The Kier molecular flexibility index (Phi) is 7.46. The standard InChI is InChI=1S/C14H22F3GeO3/c1-3-10-20-14(19,21-11-4-2)9-8-12-6-5-7-13(12)18(15,16)17/h5,7H,3-4,6,8-11H2,1-2H3. The second-order valence-corrected chi connectivity index (χ2v) is 8.22. The molecule has 0 heterocycles. The molecule has 0 aliphatic heterocycles. The molecule has 7 heteroatoms. The number of ether oxygens (including phenoxy) is 2. The summed E-state index contributed by atoms with van der Waals surface area (Å²) in [6, 6.07) is 0. The maximum atomic E-state index is 13.0. The van der Waals surface area contributed by atoms with Crippen molar-refractivity contribution in [3.8, 4) is 0 Å². The second-order valence-electron chi connectivity index (χ2n) is 5.00. The summed E-state index contributed by atoms with van der Waals surface area (Å²) in [5, 5.41) is 12.4. The first-order chi connectivity index (χ1) is 9.82. The topological polar surface area (TPSA) is 38.4 Å². The zero-order chi connectivity index (χ0) is 15.9. The average Bonchev–Trinajstić information content (AvgIpc) is 2.89. The Morgan fingerprint density at radius 1 is 1.19 bits per heavy atom. The molecule has 1 radical (unpaired) electrons. The molecule has 0 bridgehead atoms. The van der Waals surface area contributed by atoms with Crippen LogP contribution in [-0.2, 0) is 14.6 Å². The summed E-state index contributed by atoms with van der Waals surface area (Å²) in [7, 11) is 0. The summed E-state index contributed by atoms with van der Waals surface area (Å²) in [5.41, 5.74) is 0.308. The molecule has 0 aromatic heterocycles. The van der Waals surface area contributed by atoms with E-state index >= 15 is 0 Å². The van der Waals surface area contributed by atoms with Gasteiger partial charge < -0.3 is 0 Å². The van der Waals surface area contributed by atoms with Crippen LogP contribution < -0.4 is 0 Å². The van der Waals surface area contributed by atoms with Crippen LogP contribution in [0, 0.1) is 0 Å². The Morgan fingerprint density at radius 2 is 1.76 bits per heavy atom. The molecule has 0 atom stereocenters. The van der Waals surface area contributed by atoms with Crippen LogP contribution in [0.1, 0.15) is 46.0 Å². The van der Waals surface area contributed by atoms with Crippen LogP contribution >= 0.6 is 0 Å². The normalized spacial score (nSPS) is 16.1. The van der Waals surface area contributed by atoms with E-state index in [0.29, 0.717) is 18.4 Å². The molecule has 1 rings (SSSR count). The van der Waals surface area contributed by atoms with E-state index in [-0.39, 0.29) is 32.5 Å². The van der Waals surface area contributed by atoms with E-state index in [0.717, 1.165) is 6.08 Å². The Balaban J connectivity index is 2.68. The number of hydrogen-bond acceptors (Lipinski definition) is 2. The predicted octanol–water partition coefficient (Wildman–Crippen LogP) is 4.35. The maximum absolute atomic E-state index is 13.0. The third kappa shape index (κ3) is 6.14. The number of halogens is 3. The zero-order valence-corrected chi connectivity index (χ0v) is 14.6. The van der Waals surface area contributed by atoms with Gasteiger partial charge in [0, 0.05) is 0 Å². The SMILES string of the molecule is CCCOC([O])(CCC1=[C]([Ge]([F])([F])[F])C=CC1)OCCC. The summed E-state index contributed by atoms with van der Waals surface area (Å²) in [6.45, 7) is 4.21. The van der Waals surface area contributed by atoms with Crippen molar-refractivity contribution < 1.29 is 25.1 Å². The van der Waals surface area contributed by atoms with Gasteiger partial charge in [0.2, 0.25) is 0 Å². The van der Waals surface area contributed by atoms with E-state index in [2.05, 4.69) is 0 Å². The number of rotatable bonds is 10.